The Kier molecular flexibility index (Phi) is 1.80. The van der Waals surface area contributed by atoms with E-state index in [-0.39, 0.29) is 12.1 Å². The topological polar surface area (TPSA) is 41.4 Å². The molecule has 0 spiro atoms. The van der Waals surface area contributed by atoms with Gasteiger partial charge in [-0.3, -0.25) is 0 Å². The molecule has 5 nitrogen and oxygen atoms in total. The summed E-state index contributed by atoms with van der Waals surface area (Å²) in [4.78, 5) is 15.1. The van der Waals surface area contributed by atoms with Crippen LogP contribution in [0.4, 0.5) is 9.18 Å². The first kappa shape index (κ1) is 9.38. The van der Waals surface area contributed by atoms with Gasteiger partial charge in [0.1, 0.15) is 0 Å². The molecule has 1 aromatic heterocycles. The Morgan fingerprint density at radius 2 is 2.38 bits per heavy atom. The summed E-state index contributed by atoms with van der Waals surface area (Å²) >= 11 is 0. The van der Waals surface area contributed by atoms with Crippen LogP contribution in [-0.2, 0) is 0 Å². The van der Waals surface area contributed by atoms with Crippen molar-refractivity contribution in [1.29, 1.82) is 0 Å². The molecule has 0 saturated carbocycles. The van der Waals surface area contributed by atoms with Crippen LogP contribution in [0.25, 0.3) is 5.70 Å². The first-order valence-electron chi connectivity index (χ1n) is 5.09. The van der Waals surface area contributed by atoms with Crippen LogP contribution in [0.5, 0.6) is 0 Å². The van der Waals surface area contributed by atoms with Crippen molar-refractivity contribution in [2.45, 2.75) is 6.04 Å². The number of amides is 2. The van der Waals surface area contributed by atoms with Gasteiger partial charge in [-0.05, 0) is 6.08 Å². The summed E-state index contributed by atoms with van der Waals surface area (Å²) in [6, 6.07) is 1.39. The third kappa shape index (κ3) is 1.22. The fraction of sp³-hybridized carbons (Fsp3) is 0.400. The van der Waals surface area contributed by atoms with Crippen LogP contribution >= 0.6 is 0 Å². The van der Waals surface area contributed by atoms with Gasteiger partial charge in [0, 0.05) is 25.9 Å². The summed E-state index contributed by atoms with van der Waals surface area (Å²) < 4.78 is 14.3. The van der Waals surface area contributed by atoms with Crippen molar-refractivity contribution in [1.82, 2.24) is 19.6 Å². The summed E-state index contributed by atoms with van der Waals surface area (Å²) in [7, 11) is 1.77. The predicted molar refractivity (Wildman–Crippen MR) is 55.0 cm³/mol. The Bertz CT molecular complexity index is 481. The quantitative estimate of drug-likeness (QED) is 0.698. The average Bonchev–Trinajstić information content (AvgIpc) is 2.79. The van der Waals surface area contributed by atoms with E-state index in [9.17, 15) is 9.18 Å². The minimum absolute atomic E-state index is 0.0175. The maximum absolute atomic E-state index is 12.8. The Morgan fingerprint density at radius 1 is 1.56 bits per heavy atom. The van der Waals surface area contributed by atoms with E-state index in [0.29, 0.717) is 13.1 Å². The molecule has 0 radical (unpaired) electrons. The van der Waals surface area contributed by atoms with Crippen molar-refractivity contribution in [2.75, 3.05) is 20.1 Å². The van der Waals surface area contributed by atoms with Crippen molar-refractivity contribution < 1.29 is 9.18 Å². The first-order chi connectivity index (χ1) is 7.65. The normalized spacial score (nSPS) is 24.0. The van der Waals surface area contributed by atoms with Crippen LogP contribution in [0.1, 0.15) is 0 Å². The molecule has 1 aromatic rings. The lowest BCUT2D eigenvalue weighted by atomic mass is 10.2. The van der Waals surface area contributed by atoms with E-state index in [1.807, 2.05) is 6.08 Å². The van der Waals surface area contributed by atoms with Gasteiger partial charge in [-0.25, -0.2) is 9.48 Å². The van der Waals surface area contributed by atoms with Gasteiger partial charge in [0.25, 0.3) is 0 Å². The molecule has 0 aliphatic carbocycles. The Labute approximate surface area is 91.7 Å². The highest BCUT2D eigenvalue weighted by atomic mass is 19.1. The number of hydrogen-bond acceptors (Lipinski definition) is 2. The van der Waals surface area contributed by atoms with Crippen molar-refractivity contribution in [2.24, 2.45) is 0 Å². The van der Waals surface area contributed by atoms with Gasteiger partial charge in [0.2, 0.25) is 5.95 Å². The van der Waals surface area contributed by atoms with Gasteiger partial charge in [-0.15, -0.1) is 5.10 Å². The van der Waals surface area contributed by atoms with Gasteiger partial charge in [-0.2, -0.15) is 4.39 Å². The Balaban J connectivity index is 1.95. The molecule has 2 amide bonds. The van der Waals surface area contributed by atoms with E-state index < -0.39 is 5.95 Å². The van der Waals surface area contributed by atoms with E-state index in [1.54, 1.807) is 23.0 Å². The fourth-order valence-corrected chi connectivity index (χ4v) is 2.17. The van der Waals surface area contributed by atoms with Gasteiger partial charge in [-0.1, -0.05) is 0 Å². The number of aromatic nitrogens is 2. The van der Waals surface area contributed by atoms with E-state index in [1.165, 1.54) is 10.7 Å². The van der Waals surface area contributed by atoms with E-state index in [0.717, 1.165) is 5.70 Å². The van der Waals surface area contributed by atoms with Crippen LogP contribution in [0.2, 0.25) is 0 Å². The number of likely N-dealkylation sites (N-methyl/N-ethyl adjacent to an activating group) is 1. The van der Waals surface area contributed by atoms with Crippen molar-refractivity contribution in [3.05, 3.63) is 24.3 Å². The molecule has 16 heavy (non-hydrogen) atoms. The second kappa shape index (κ2) is 3.07. The molecule has 1 atom stereocenters. The second-order valence-electron chi connectivity index (χ2n) is 4.08. The zero-order valence-corrected chi connectivity index (χ0v) is 8.80. The highest BCUT2D eigenvalue weighted by Crippen LogP contribution is 2.24. The maximum Gasteiger partial charge on any atom is 0.320 e. The molecule has 1 saturated heterocycles. The highest BCUT2D eigenvalue weighted by Gasteiger charge is 2.37. The number of nitrogens with zero attached hydrogens (tertiary/aromatic N) is 4. The lowest BCUT2D eigenvalue weighted by Crippen LogP contribution is -2.31. The number of carbonyl (C=O) groups is 1. The number of fused-ring (bicyclic) bond motifs is 2. The summed E-state index contributed by atoms with van der Waals surface area (Å²) in [5, 5.41) is 3.71. The molecule has 2 aliphatic rings. The molecule has 1 unspecified atom stereocenters. The predicted octanol–water partition coefficient (Wildman–Crippen LogP) is 0.613. The number of urea groups is 1. The zero-order chi connectivity index (χ0) is 11.3. The number of rotatable bonds is 1. The molecule has 6 heteroatoms. The summed E-state index contributed by atoms with van der Waals surface area (Å²) in [6.45, 7) is 1.20. The monoisotopic (exact) mass is 222 g/mol. The molecule has 3 rings (SSSR count). The molecule has 84 valence electrons. The molecule has 0 aromatic carbocycles. The third-order valence-electron chi connectivity index (χ3n) is 3.07. The average molecular weight is 222 g/mol. The fourth-order valence-electron chi connectivity index (χ4n) is 2.17. The van der Waals surface area contributed by atoms with Crippen molar-refractivity contribution in [3.8, 4) is 0 Å². The Morgan fingerprint density at radius 3 is 3.00 bits per heavy atom. The van der Waals surface area contributed by atoms with Gasteiger partial charge in [0.15, 0.2) is 0 Å². The summed E-state index contributed by atoms with van der Waals surface area (Å²) in [6.07, 6.45) is 3.53. The van der Waals surface area contributed by atoms with Gasteiger partial charge in [0.05, 0.1) is 18.3 Å². The molecule has 1 fully saturated rings. The van der Waals surface area contributed by atoms with E-state index in [4.69, 9.17) is 0 Å². The number of hydrogen-bond donors (Lipinski definition) is 0. The maximum atomic E-state index is 12.8. The standard InChI is InChI=1S/C10H11FN4O/c1-13-7-4-8(6-14(5-7)10(13)16)15-3-2-9(11)12-15/h2-4,7H,5-6H2,1H3. The lowest BCUT2D eigenvalue weighted by Gasteiger charge is -2.21. The molecule has 2 aliphatic heterocycles. The number of carbonyl (C=O) groups excluding carboxylic acids is 1. The zero-order valence-electron chi connectivity index (χ0n) is 8.80. The summed E-state index contributed by atoms with van der Waals surface area (Å²) in [5.41, 5.74) is 0.845. The molecule has 3 heterocycles. The van der Waals surface area contributed by atoms with Crippen LogP contribution in [0.3, 0.4) is 0 Å². The van der Waals surface area contributed by atoms with Gasteiger partial charge >= 0.3 is 6.03 Å². The largest absolute Gasteiger partial charge is 0.320 e. The van der Waals surface area contributed by atoms with Crippen molar-refractivity contribution in [3.63, 3.8) is 0 Å². The third-order valence-corrected chi connectivity index (χ3v) is 3.07. The SMILES string of the molecule is CN1C(=O)N2CC(n3ccc(F)n3)=CC1C2. The second-order valence-corrected chi connectivity index (χ2v) is 4.08. The van der Waals surface area contributed by atoms with Crippen LogP contribution in [0, 0.1) is 5.95 Å². The van der Waals surface area contributed by atoms with E-state index >= 15 is 0 Å². The van der Waals surface area contributed by atoms with Crippen LogP contribution < -0.4 is 0 Å². The smallest absolute Gasteiger partial charge is 0.319 e. The Hall–Kier alpha value is -1.85. The minimum Gasteiger partial charge on any atom is -0.319 e. The van der Waals surface area contributed by atoms with E-state index in [2.05, 4.69) is 5.10 Å². The first-order valence-corrected chi connectivity index (χ1v) is 5.09. The van der Waals surface area contributed by atoms with Crippen LogP contribution in [-0.4, -0.2) is 51.8 Å². The highest BCUT2D eigenvalue weighted by molar-refractivity contribution is 5.80. The van der Waals surface area contributed by atoms with Gasteiger partial charge < -0.3 is 9.80 Å². The molecular formula is C10H11FN4O. The van der Waals surface area contributed by atoms with Crippen molar-refractivity contribution >= 4 is 11.7 Å². The van der Waals surface area contributed by atoms with Crippen LogP contribution in [0.15, 0.2) is 18.3 Å². The molecule has 2 bridgehead atoms. The molecular weight excluding hydrogens is 211 g/mol. The minimum atomic E-state index is -0.506. The number of halogens is 1. The molecule has 0 N–H and O–H groups in total. The summed E-state index contributed by atoms with van der Waals surface area (Å²) in [5.74, 6) is -0.506. The lowest BCUT2D eigenvalue weighted by molar-refractivity contribution is 0.201.